The van der Waals surface area contributed by atoms with Gasteiger partial charge in [-0.1, -0.05) is 26.0 Å². The molecule has 0 saturated heterocycles. The van der Waals surface area contributed by atoms with E-state index in [9.17, 15) is 4.39 Å². The molecule has 0 fully saturated rings. The second kappa shape index (κ2) is 6.25. The lowest BCUT2D eigenvalue weighted by molar-refractivity contribution is 0.639. The van der Waals surface area contributed by atoms with Crippen LogP contribution in [-0.2, 0) is 0 Å². The molecule has 0 spiro atoms. The van der Waals surface area contributed by atoms with Crippen molar-refractivity contribution >= 4 is 27.7 Å². The van der Waals surface area contributed by atoms with Crippen LogP contribution >= 0.6 is 11.3 Å². The first-order chi connectivity index (χ1) is 11.0. The fourth-order valence-corrected chi connectivity index (χ4v) is 3.89. The van der Waals surface area contributed by atoms with Crippen LogP contribution in [-0.4, -0.2) is 4.98 Å². The third-order valence-corrected chi connectivity index (χ3v) is 5.27. The second-order valence-electron chi connectivity index (χ2n) is 5.96. The number of rotatable bonds is 4. The van der Waals surface area contributed by atoms with Gasteiger partial charge in [-0.3, -0.25) is 0 Å². The Bertz CT molecular complexity index is 892. The zero-order chi connectivity index (χ0) is 16.6. The molecule has 0 aliphatic carbocycles. The van der Waals surface area contributed by atoms with Crippen molar-refractivity contribution in [3.05, 3.63) is 58.9 Å². The molecule has 1 heterocycles. The summed E-state index contributed by atoms with van der Waals surface area (Å²) < 4.78 is 14.2. The Morgan fingerprint density at radius 3 is 2.74 bits per heavy atom. The summed E-state index contributed by atoms with van der Waals surface area (Å²) >= 11 is 1.63. The lowest BCUT2D eigenvalue weighted by Crippen LogP contribution is -1.89. The highest BCUT2D eigenvalue weighted by molar-refractivity contribution is 7.16. The van der Waals surface area contributed by atoms with Gasteiger partial charge >= 0.3 is 0 Å². The summed E-state index contributed by atoms with van der Waals surface area (Å²) in [6.07, 6.45) is 3.93. The van der Waals surface area contributed by atoms with Crippen LogP contribution in [0.25, 0.3) is 26.9 Å². The predicted molar refractivity (Wildman–Crippen MR) is 98.4 cm³/mol. The van der Waals surface area contributed by atoms with Crippen molar-refractivity contribution in [2.45, 2.75) is 33.6 Å². The largest absolute Gasteiger partial charge is 0.244 e. The van der Waals surface area contributed by atoms with E-state index < -0.39 is 0 Å². The number of hydrogen-bond acceptors (Lipinski definition) is 2. The highest BCUT2D eigenvalue weighted by Crippen LogP contribution is 2.34. The van der Waals surface area contributed by atoms with Gasteiger partial charge in [0.2, 0.25) is 0 Å². The molecule has 0 saturated carbocycles. The van der Waals surface area contributed by atoms with Crippen LogP contribution in [0.4, 0.5) is 4.39 Å². The van der Waals surface area contributed by atoms with Gasteiger partial charge in [0.15, 0.2) is 0 Å². The van der Waals surface area contributed by atoms with E-state index >= 15 is 0 Å². The van der Waals surface area contributed by atoms with Crippen molar-refractivity contribution in [2.24, 2.45) is 0 Å². The Kier molecular flexibility index (Phi) is 4.31. The van der Waals surface area contributed by atoms with Crippen molar-refractivity contribution in [3.8, 4) is 10.6 Å². The summed E-state index contributed by atoms with van der Waals surface area (Å²) in [6, 6.07) is 7.38. The molecule has 0 radical (unpaired) electrons. The number of fused-ring (bicyclic) bond motifs is 1. The van der Waals surface area contributed by atoms with E-state index in [2.05, 4.69) is 24.6 Å². The second-order valence-corrected chi connectivity index (χ2v) is 6.99. The number of nitrogens with zero attached hydrogens (tertiary/aromatic N) is 1. The number of benzene rings is 2. The molecule has 3 aromatic rings. The zero-order valence-electron chi connectivity index (χ0n) is 13.7. The fourth-order valence-electron chi connectivity index (χ4n) is 2.99. The van der Waals surface area contributed by atoms with Crippen LogP contribution < -0.4 is 0 Å². The maximum atomic E-state index is 14.2. The van der Waals surface area contributed by atoms with E-state index in [-0.39, 0.29) is 5.82 Å². The SMILES string of the molecule is C=C(CCC)c1cnc(-c2cc(C)c3c(C)ccc(F)c3c2)s1. The van der Waals surface area contributed by atoms with E-state index in [1.165, 1.54) is 6.07 Å². The molecule has 0 bridgehead atoms. The molecule has 0 aliphatic heterocycles. The molecule has 3 rings (SSSR count). The Balaban J connectivity index is 2.11. The molecular formula is C20H20FNS. The minimum absolute atomic E-state index is 0.178. The smallest absolute Gasteiger partial charge is 0.131 e. The molecule has 0 aliphatic rings. The van der Waals surface area contributed by atoms with Gasteiger partial charge in [0.05, 0.1) is 4.88 Å². The van der Waals surface area contributed by atoms with E-state index in [0.29, 0.717) is 5.39 Å². The van der Waals surface area contributed by atoms with E-state index in [1.807, 2.05) is 32.2 Å². The van der Waals surface area contributed by atoms with Crippen molar-refractivity contribution in [1.29, 1.82) is 0 Å². The maximum Gasteiger partial charge on any atom is 0.131 e. The molecule has 0 amide bonds. The van der Waals surface area contributed by atoms with Gasteiger partial charge in [-0.05, 0) is 60.6 Å². The first-order valence-electron chi connectivity index (χ1n) is 7.85. The molecule has 1 nitrogen and oxygen atoms in total. The van der Waals surface area contributed by atoms with Crippen LogP contribution in [0, 0.1) is 19.7 Å². The topological polar surface area (TPSA) is 12.9 Å². The number of aryl methyl sites for hydroxylation is 2. The summed E-state index contributed by atoms with van der Waals surface area (Å²) in [4.78, 5) is 5.64. The molecule has 3 heteroatoms. The summed E-state index contributed by atoms with van der Waals surface area (Å²) in [6.45, 7) is 10.3. The number of allylic oxidation sites excluding steroid dienone is 1. The molecule has 1 aromatic heterocycles. The van der Waals surface area contributed by atoms with Crippen LogP contribution in [0.15, 0.2) is 37.0 Å². The Labute approximate surface area is 140 Å². The standard InChI is InChI=1S/C20H20FNS/c1-5-6-12(2)18-11-22-20(23-18)15-9-14(4)19-13(3)7-8-17(21)16(19)10-15/h7-11H,2,5-6H2,1,3-4H3. The van der Waals surface area contributed by atoms with Gasteiger partial charge in [0.25, 0.3) is 0 Å². The van der Waals surface area contributed by atoms with Gasteiger partial charge < -0.3 is 0 Å². The molecule has 118 valence electrons. The summed E-state index contributed by atoms with van der Waals surface area (Å²) in [5.74, 6) is -0.178. The van der Waals surface area contributed by atoms with Crippen molar-refractivity contribution in [2.75, 3.05) is 0 Å². The van der Waals surface area contributed by atoms with Crippen molar-refractivity contribution < 1.29 is 4.39 Å². The molecular weight excluding hydrogens is 305 g/mol. The maximum absolute atomic E-state index is 14.2. The van der Waals surface area contributed by atoms with Crippen molar-refractivity contribution in [1.82, 2.24) is 4.98 Å². The lowest BCUT2D eigenvalue weighted by atomic mass is 9.98. The average molecular weight is 325 g/mol. The minimum Gasteiger partial charge on any atom is -0.244 e. The minimum atomic E-state index is -0.178. The Morgan fingerprint density at radius 2 is 2.00 bits per heavy atom. The summed E-state index contributed by atoms with van der Waals surface area (Å²) in [7, 11) is 0. The van der Waals surface area contributed by atoms with Gasteiger partial charge in [-0.15, -0.1) is 11.3 Å². The number of hydrogen-bond donors (Lipinski definition) is 0. The fraction of sp³-hybridized carbons (Fsp3) is 0.250. The predicted octanol–water partition coefficient (Wildman–Crippen LogP) is 6.53. The van der Waals surface area contributed by atoms with Gasteiger partial charge in [-0.25, -0.2) is 9.37 Å². The Hall–Kier alpha value is -2.00. The molecule has 0 N–H and O–H groups in total. The van der Waals surface area contributed by atoms with Crippen molar-refractivity contribution in [3.63, 3.8) is 0 Å². The number of thiazole rings is 1. The summed E-state index contributed by atoms with van der Waals surface area (Å²) in [5, 5.41) is 2.59. The third-order valence-electron chi connectivity index (χ3n) is 4.12. The molecule has 23 heavy (non-hydrogen) atoms. The average Bonchev–Trinajstić information content (AvgIpc) is 3.01. The van der Waals surface area contributed by atoms with Gasteiger partial charge in [0.1, 0.15) is 10.8 Å². The highest BCUT2D eigenvalue weighted by atomic mass is 32.1. The van der Waals surface area contributed by atoms with E-state index in [4.69, 9.17) is 0 Å². The quantitative estimate of drug-likeness (QED) is 0.531. The third kappa shape index (κ3) is 2.93. The first-order valence-corrected chi connectivity index (χ1v) is 8.66. The van der Waals surface area contributed by atoms with Gasteiger partial charge in [-0.2, -0.15) is 0 Å². The van der Waals surface area contributed by atoms with Crippen LogP contribution in [0.1, 0.15) is 35.8 Å². The number of aromatic nitrogens is 1. The Morgan fingerprint density at radius 1 is 1.22 bits per heavy atom. The van der Waals surface area contributed by atoms with Crippen LogP contribution in [0.2, 0.25) is 0 Å². The van der Waals surface area contributed by atoms with Crippen LogP contribution in [0.3, 0.4) is 0 Å². The molecule has 0 unspecified atom stereocenters. The molecule has 2 aromatic carbocycles. The van der Waals surface area contributed by atoms with E-state index in [0.717, 1.165) is 50.4 Å². The van der Waals surface area contributed by atoms with Gasteiger partial charge in [0, 0.05) is 17.1 Å². The lowest BCUT2D eigenvalue weighted by Gasteiger charge is -2.09. The summed E-state index contributed by atoms with van der Waals surface area (Å²) in [5.41, 5.74) is 4.27. The highest BCUT2D eigenvalue weighted by Gasteiger charge is 2.12. The normalized spacial score (nSPS) is 11.1. The molecule has 0 atom stereocenters. The van der Waals surface area contributed by atoms with Crippen LogP contribution in [0.5, 0.6) is 0 Å². The number of halogens is 1. The monoisotopic (exact) mass is 325 g/mol. The first kappa shape index (κ1) is 15.9. The van der Waals surface area contributed by atoms with E-state index in [1.54, 1.807) is 11.3 Å². The zero-order valence-corrected chi connectivity index (χ0v) is 14.6.